The van der Waals surface area contributed by atoms with Crippen molar-refractivity contribution in [1.82, 2.24) is 4.90 Å². The predicted molar refractivity (Wildman–Crippen MR) is 70.7 cm³/mol. The van der Waals surface area contributed by atoms with Gasteiger partial charge in [0.25, 0.3) is 0 Å². The molecule has 16 heavy (non-hydrogen) atoms. The van der Waals surface area contributed by atoms with E-state index in [1.54, 1.807) is 0 Å². The van der Waals surface area contributed by atoms with Crippen molar-refractivity contribution in [3.05, 3.63) is 0 Å². The Balaban J connectivity index is 3.72. The van der Waals surface area contributed by atoms with Gasteiger partial charge in [-0.3, -0.25) is 4.90 Å². The van der Waals surface area contributed by atoms with Crippen molar-refractivity contribution in [2.24, 2.45) is 11.7 Å². The molecule has 0 aromatic rings. The van der Waals surface area contributed by atoms with E-state index in [4.69, 9.17) is 10.5 Å². The summed E-state index contributed by atoms with van der Waals surface area (Å²) in [5.41, 5.74) is 5.85. The maximum atomic E-state index is 5.77. The van der Waals surface area contributed by atoms with Gasteiger partial charge in [-0.2, -0.15) is 0 Å². The minimum Gasteiger partial charge on any atom is -0.380 e. The fraction of sp³-hybridized carbons (Fsp3) is 1.00. The first-order chi connectivity index (χ1) is 7.44. The minimum absolute atomic E-state index is 0.0795. The Morgan fingerprint density at radius 2 is 1.88 bits per heavy atom. The van der Waals surface area contributed by atoms with Crippen molar-refractivity contribution in [1.29, 1.82) is 0 Å². The molecule has 3 nitrogen and oxygen atoms in total. The first-order valence-corrected chi connectivity index (χ1v) is 6.47. The predicted octanol–water partition coefficient (Wildman–Crippen LogP) is 2.11. The molecule has 0 spiro atoms. The third-order valence-electron chi connectivity index (χ3n) is 3.08. The SMILES string of the molecule is CCN(CCOCCC(C)C)C(C)(C)CN. The van der Waals surface area contributed by atoms with Crippen molar-refractivity contribution in [3.63, 3.8) is 0 Å². The Bertz CT molecular complexity index is 169. The average molecular weight is 230 g/mol. The molecule has 0 amide bonds. The number of ether oxygens (including phenoxy) is 1. The van der Waals surface area contributed by atoms with Crippen LogP contribution in [0.2, 0.25) is 0 Å². The molecule has 0 aliphatic heterocycles. The summed E-state index contributed by atoms with van der Waals surface area (Å²) in [6.45, 7) is 15.4. The standard InChI is InChI=1S/C13H30N2O/c1-6-15(13(4,5)11-14)8-10-16-9-7-12(2)3/h12H,6-11,14H2,1-5H3. The fourth-order valence-corrected chi connectivity index (χ4v) is 1.61. The quantitative estimate of drug-likeness (QED) is 0.617. The lowest BCUT2D eigenvalue weighted by Gasteiger charge is -2.36. The molecular formula is C13H30N2O. The molecule has 3 heteroatoms. The number of rotatable bonds is 9. The normalized spacial score (nSPS) is 12.8. The summed E-state index contributed by atoms with van der Waals surface area (Å²) in [7, 11) is 0. The average Bonchev–Trinajstić information content (AvgIpc) is 2.22. The van der Waals surface area contributed by atoms with Gasteiger partial charge in [0.15, 0.2) is 0 Å². The number of likely N-dealkylation sites (N-methyl/N-ethyl adjacent to an activating group) is 1. The van der Waals surface area contributed by atoms with Crippen molar-refractivity contribution < 1.29 is 4.74 Å². The number of hydrogen-bond acceptors (Lipinski definition) is 3. The molecule has 0 bridgehead atoms. The van der Waals surface area contributed by atoms with Crippen molar-refractivity contribution in [2.75, 3.05) is 32.8 Å². The van der Waals surface area contributed by atoms with Gasteiger partial charge in [-0.05, 0) is 32.7 Å². The highest BCUT2D eigenvalue weighted by atomic mass is 16.5. The summed E-state index contributed by atoms with van der Waals surface area (Å²) in [5.74, 6) is 0.725. The summed E-state index contributed by atoms with van der Waals surface area (Å²) in [4.78, 5) is 2.38. The minimum atomic E-state index is 0.0795. The van der Waals surface area contributed by atoms with Gasteiger partial charge in [0.1, 0.15) is 0 Å². The molecule has 0 radical (unpaired) electrons. The Kier molecular flexibility index (Phi) is 7.98. The second-order valence-corrected chi connectivity index (χ2v) is 5.39. The maximum Gasteiger partial charge on any atom is 0.0593 e. The van der Waals surface area contributed by atoms with Crippen LogP contribution in [0.25, 0.3) is 0 Å². The number of hydrogen-bond donors (Lipinski definition) is 1. The lowest BCUT2D eigenvalue weighted by Crippen LogP contribution is -2.50. The van der Waals surface area contributed by atoms with Crippen molar-refractivity contribution in [2.45, 2.75) is 46.6 Å². The smallest absolute Gasteiger partial charge is 0.0593 e. The van der Waals surface area contributed by atoms with Crippen LogP contribution in [0.1, 0.15) is 41.0 Å². The highest BCUT2D eigenvalue weighted by Crippen LogP contribution is 2.11. The fourth-order valence-electron chi connectivity index (χ4n) is 1.61. The first-order valence-electron chi connectivity index (χ1n) is 6.47. The van der Waals surface area contributed by atoms with Crippen LogP contribution in [-0.4, -0.2) is 43.3 Å². The van der Waals surface area contributed by atoms with Crippen LogP contribution in [0, 0.1) is 5.92 Å². The summed E-state index contributed by atoms with van der Waals surface area (Å²) in [6.07, 6.45) is 1.15. The summed E-state index contributed by atoms with van der Waals surface area (Å²) < 4.78 is 5.63. The van der Waals surface area contributed by atoms with E-state index in [0.717, 1.165) is 38.6 Å². The van der Waals surface area contributed by atoms with Gasteiger partial charge in [-0.1, -0.05) is 20.8 Å². The zero-order valence-corrected chi connectivity index (χ0v) is 11.8. The molecule has 0 aliphatic carbocycles. The zero-order valence-electron chi connectivity index (χ0n) is 11.8. The Labute approximate surface area is 101 Å². The molecule has 2 N–H and O–H groups in total. The summed E-state index contributed by atoms with van der Waals surface area (Å²) in [6, 6.07) is 0. The Hall–Kier alpha value is -0.120. The zero-order chi connectivity index (χ0) is 12.6. The van der Waals surface area contributed by atoms with E-state index in [9.17, 15) is 0 Å². The van der Waals surface area contributed by atoms with E-state index >= 15 is 0 Å². The van der Waals surface area contributed by atoms with Gasteiger partial charge in [-0.15, -0.1) is 0 Å². The van der Waals surface area contributed by atoms with E-state index in [2.05, 4.69) is 39.5 Å². The van der Waals surface area contributed by atoms with Crippen molar-refractivity contribution >= 4 is 0 Å². The lowest BCUT2D eigenvalue weighted by molar-refractivity contribution is 0.0603. The van der Waals surface area contributed by atoms with Crippen LogP contribution in [0.3, 0.4) is 0 Å². The molecule has 0 rings (SSSR count). The third kappa shape index (κ3) is 6.46. The van der Waals surface area contributed by atoms with Gasteiger partial charge in [0.05, 0.1) is 6.61 Å². The molecule has 0 aliphatic rings. The molecule has 0 fully saturated rings. The van der Waals surface area contributed by atoms with Crippen LogP contribution in [0.15, 0.2) is 0 Å². The van der Waals surface area contributed by atoms with Crippen LogP contribution in [-0.2, 0) is 4.74 Å². The molecule has 0 saturated heterocycles. The van der Waals surface area contributed by atoms with E-state index in [1.165, 1.54) is 0 Å². The van der Waals surface area contributed by atoms with E-state index in [0.29, 0.717) is 6.54 Å². The Morgan fingerprint density at radius 3 is 2.31 bits per heavy atom. The van der Waals surface area contributed by atoms with Crippen LogP contribution < -0.4 is 5.73 Å². The second kappa shape index (κ2) is 8.04. The van der Waals surface area contributed by atoms with E-state index in [1.807, 2.05) is 0 Å². The third-order valence-corrected chi connectivity index (χ3v) is 3.08. The lowest BCUT2D eigenvalue weighted by atomic mass is 10.0. The van der Waals surface area contributed by atoms with Gasteiger partial charge >= 0.3 is 0 Å². The summed E-state index contributed by atoms with van der Waals surface area (Å²) >= 11 is 0. The molecule has 0 unspecified atom stereocenters. The van der Waals surface area contributed by atoms with Gasteiger partial charge < -0.3 is 10.5 Å². The molecule has 98 valence electrons. The van der Waals surface area contributed by atoms with E-state index < -0.39 is 0 Å². The Morgan fingerprint density at radius 1 is 1.25 bits per heavy atom. The molecule has 0 aromatic heterocycles. The molecule has 0 saturated carbocycles. The summed E-state index contributed by atoms with van der Waals surface area (Å²) in [5, 5.41) is 0. The van der Waals surface area contributed by atoms with E-state index in [-0.39, 0.29) is 5.54 Å². The molecule has 0 aromatic carbocycles. The molecule has 0 atom stereocenters. The van der Waals surface area contributed by atoms with Gasteiger partial charge in [0.2, 0.25) is 0 Å². The van der Waals surface area contributed by atoms with Crippen LogP contribution in [0.5, 0.6) is 0 Å². The largest absolute Gasteiger partial charge is 0.380 e. The molecular weight excluding hydrogens is 200 g/mol. The van der Waals surface area contributed by atoms with Gasteiger partial charge in [-0.25, -0.2) is 0 Å². The topological polar surface area (TPSA) is 38.5 Å². The van der Waals surface area contributed by atoms with Crippen LogP contribution in [0.4, 0.5) is 0 Å². The monoisotopic (exact) mass is 230 g/mol. The second-order valence-electron chi connectivity index (χ2n) is 5.39. The number of nitrogens with two attached hydrogens (primary N) is 1. The molecule has 0 heterocycles. The highest BCUT2D eigenvalue weighted by molar-refractivity contribution is 4.81. The van der Waals surface area contributed by atoms with Crippen LogP contribution >= 0.6 is 0 Å². The van der Waals surface area contributed by atoms with Crippen molar-refractivity contribution in [3.8, 4) is 0 Å². The highest BCUT2D eigenvalue weighted by Gasteiger charge is 2.22. The first kappa shape index (κ1) is 15.9. The maximum absolute atomic E-state index is 5.77. The number of nitrogens with zero attached hydrogens (tertiary/aromatic N) is 1. The van der Waals surface area contributed by atoms with Gasteiger partial charge in [0, 0.05) is 25.2 Å².